The van der Waals surface area contributed by atoms with Crippen molar-refractivity contribution in [3.63, 3.8) is 0 Å². The summed E-state index contributed by atoms with van der Waals surface area (Å²) in [6.07, 6.45) is 1.34. The largest absolute Gasteiger partial charge is 0.480 e. The van der Waals surface area contributed by atoms with Crippen LogP contribution in [0.4, 0.5) is 0 Å². The van der Waals surface area contributed by atoms with E-state index in [2.05, 4.69) is 0 Å². The molecule has 0 aromatic rings. The first-order valence-corrected chi connectivity index (χ1v) is 6.60. The van der Waals surface area contributed by atoms with Crippen molar-refractivity contribution in [2.75, 3.05) is 13.1 Å². The molecule has 1 saturated heterocycles. The molecule has 7 heteroatoms. The number of carbonyl (C=O) groups excluding carboxylic acids is 2. The molecule has 3 N–H and O–H groups in total. The monoisotopic (exact) mass is 286 g/mol. The van der Waals surface area contributed by atoms with Crippen molar-refractivity contribution in [2.45, 2.75) is 51.2 Å². The minimum absolute atomic E-state index is 0.164. The summed E-state index contributed by atoms with van der Waals surface area (Å²) in [4.78, 5) is 36.4. The number of carboxylic acid groups (broad SMARTS) is 1. The Bertz CT molecular complexity index is 415. The lowest BCUT2D eigenvalue weighted by Gasteiger charge is -2.31. The number of carbonyl (C=O) groups is 3. The first-order chi connectivity index (χ1) is 9.06. The number of esters is 1. The average Bonchev–Trinajstić information content (AvgIpc) is 2.40. The topological polar surface area (TPSA) is 110 Å². The molecule has 0 aromatic carbocycles. The van der Waals surface area contributed by atoms with Crippen molar-refractivity contribution in [3.05, 3.63) is 0 Å². The van der Waals surface area contributed by atoms with Gasteiger partial charge >= 0.3 is 11.9 Å². The molecule has 1 aliphatic rings. The molecule has 0 saturated carbocycles. The van der Waals surface area contributed by atoms with E-state index in [1.807, 2.05) is 0 Å². The van der Waals surface area contributed by atoms with Crippen LogP contribution in [0.3, 0.4) is 0 Å². The van der Waals surface area contributed by atoms with Gasteiger partial charge in [-0.3, -0.25) is 9.59 Å². The van der Waals surface area contributed by atoms with Gasteiger partial charge in [0.2, 0.25) is 0 Å². The zero-order valence-electron chi connectivity index (χ0n) is 12.1. The lowest BCUT2D eigenvalue weighted by molar-refractivity contribution is -0.167. The van der Waals surface area contributed by atoms with E-state index < -0.39 is 35.5 Å². The van der Waals surface area contributed by atoms with E-state index in [1.165, 1.54) is 0 Å². The van der Waals surface area contributed by atoms with Crippen molar-refractivity contribution >= 4 is 17.8 Å². The molecule has 0 aromatic heterocycles. The number of ether oxygens (including phenoxy) is 1. The van der Waals surface area contributed by atoms with E-state index >= 15 is 0 Å². The normalized spacial score (nSPS) is 24.2. The van der Waals surface area contributed by atoms with E-state index in [4.69, 9.17) is 15.6 Å². The smallest absolute Gasteiger partial charge is 0.336 e. The molecule has 114 valence electrons. The van der Waals surface area contributed by atoms with Gasteiger partial charge < -0.3 is 20.5 Å². The highest BCUT2D eigenvalue weighted by atomic mass is 16.6. The molecule has 20 heavy (non-hydrogen) atoms. The van der Waals surface area contributed by atoms with Crippen LogP contribution in [-0.2, 0) is 19.1 Å². The third kappa shape index (κ3) is 3.93. The second-order valence-electron chi connectivity index (χ2n) is 6.05. The zero-order valence-corrected chi connectivity index (χ0v) is 12.1. The van der Waals surface area contributed by atoms with Gasteiger partial charge in [0, 0.05) is 6.54 Å². The van der Waals surface area contributed by atoms with Gasteiger partial charge in [0.25, 0.3) is 5.91 Å². The Kier molecular flexibility index (Phi) is 4.75. The van der Waals surface area contributed by atoms with Crippen LogP contribution in [0.5, 0.6) is 0 Å². The highest BCUT2D eigenvalue weighted by molar-refractivity contribution is 6.08. The first-order valence-electron chi connectivity index (χ1n) is 6.60. The quantitative estimate of drug-likeness (QED) is 0.563. The van der Waals surface area contributed by atoms with Crippen LogP contribution in [0, 0.1) is 0 Å². The predicted octanol–water partition coefficient (Wildman–Crippen LogP) is 0.123. The summed E-state index contributed by atoms with van der Waals surface area (Å²) >= 11 is 0. The number of likely N-dealkylation sites (tertiary alicyclic amines) is 1. The van der Waals surface area contributed by atoms with Crippen LogP contribution < -0.4 is 5.73 Å². The highest BCUT2D eigenvalue weighted by Crippen LogP contribution is 2.23. The Balaban J connectivity index is 2.97. The van der Waals surface area contributed by atoms with Gasteiger partial charge in [-0.1, -0.05) is 0 Å². The van der Waals surface area contributed by atoms with Gasteiger partial charge in [0.1, 0.15) is 12.1 Å². The molecule has 1 fully saturated rings. The molecular weight excluding hydrogens is 264 g/mol. The number of nitrogens with two attached hydrogens (primary N) is 1. The second-order valence-corrected chi connectivity index (χ2v) is 6.05. The molecule has 0 bridgehead atoms. The van der Waals surface area contributed by atoms with E-state index in [-0.39, 0.29) is 13.0 Å². The van der Waals surface area contributed by atoms with Crippen molar-refractivity contribution in [3.8, 4) is 0 Å². The summed E-state index contributed by atoms with van der Waals surface area (Å²) in [6.45, 7) is 4.88. The van der Waals surface area contributed by atoms with Gasteiger partial charge in [-0.25, -0.2) is 4.79 Å². The van der Waals surface area contributed by atoms with Crippen molar-refractivity contribution < 1.29 is 24.2 Å². The summed E-state index contributed by atoms with van der Waals surface area (Å²) in [5, 5.41) is 8.82. The Labute approximate surface area is 118 Å². The van der Waals surface area contributed by atoms with Gasteiger partial charge in [0.15, 0.2) is 5.54 Å². The number of carboxylic acids is 1. The number of nitrogens with zero attached hydrogens (tertiary/aromatic N) is 1. The summed E-state index contributed by atoms with van der Waals surface area (Å²) in [6, 6.07) is 0. The number of hydrogen-bond acceptors (Lipinski definition) is 5. The molecule has 1 aliphatic heterocycles. The SMILES string of the molecule is CC(C)(C)OC(=O)C1(N)CCCCN(CC(=O)O)C1=O. The molecule has 0 radical (unpaired) electrons. The molecule has 1 amide bonds. The Morgan fingerprint density at radius 3 is 2.50 bits per heavy atom. The van der Waals surface area contributed by atoms with Crippen LogP contribution in [0.2, 0.25) is 0 Å². The maximum atomic E-state index is 12.4. The zero-order chi connectivity index (χ0) is 15.6. The molecule has 1 atom stereocenters. The van der Waals surface area contributed by atoms with Crippen LogP contribution in [0.1, 0.15) is 40.0 Å². The van der Waals surface area contributed by atoms with Crippen molar-refractivity contribution in [1.82, 2.24) is 4.90 Å². The Morgan fingerprint density at radius 2 is 2.00 bits per heavy atom. The van der Waals surface area contributed by atoms with Crippen molar-refractivity contribution in [2.24, 2.45) is 5.73 Å². The number of aliphatic carboxylic acids is 1. The third-order valence-electron chi connectivity index (χ3n) is 3.01. The van der Waals surface area contributed by atoms with Crippen LogP contribution in [0.15, 0.2) is 0 Å². The molecule has 1 rings (SSSR count). The Morgan fingerprint density at radius 1 is 1.40 bits per heavy atom. The maximum absolute atomic E-state index is 12.4. The summed E-state index contributed by atoms with van der Waals surface area (Å²) in [5.74, 6) is -2.61. The van der Waals surface area contributed by atoms with E-state index in [9.17, 15) is 14.4 Å². The lowest BCUT2D eigenvalue weighted by Crippen LogP contribution is -2.61. The van der Waals surface area contributed by atoms with E-state index in [0.29, 0.717) is 12.8 Å². The molecule has 0 aliphatic carbocycles. The maximum Gasteiger partial charge on any atom is 0.336 e. The van der Waals surface area contributed by atoms with Gasteiger partial charge in [-0.05, 0) is 40.0 Å². The van der Waals surface area contributed by atoms with Gasteiger partial charge in [-0.2, -0.15) is 0 Å². The lowest BCUT2D eigenvalue weighted by atomic mass is 9.93. The third-order valence-corrected chi connectivity index (χ3v) is 3.01. The number of amides is 1. The molecule has 7 nitrogen and oxygen atoms in total. The number of rotatable bonds is 3. The standard InChI is InChI=1S/C13H22N2O5/c1-12(2,3)20-11(19)13(14)6-4-5-7-15(10(13)18)8-9(16)17/h4-8,14H2,1-3H3,(H,16,17). The Hall–Kier alpha value is -1.63. The summed E-state index contributed by atoms with van der Waals surface area (Å²) in [7, 11) is 0. The fourth-order valence-corrected chi connectivity index (χ4v) is 2.07. The molecule has 1 unspecified atom stereocenters. The van der Waals surface area contributed by atoms with Crippen molar-refractivity contribution in [1.29, 1.82) is 0 Å². The second kappa shape index (κ2) is 5.78. The predicted molar refractivity (Wildman–Crippen MR) is 70.8 cm³/mol. The minimum Gasteiger partial charge on any atom is -0.480 e. The van der Waals surface area contributed by atoms with Crippen LogP contribution >= 0.6 is 0 Å². The number of hydrogen-bond donors (Lipinski definition) is 2. The summed E-state index contributed by atoms with van der Waals surface area (Å²) < 4.78 is 5.20. The van der Waals surface area contributed by atoms with E-state index in [0.717, 1.165) is 4.90 Å². The fourth-order valence-electron chi connectivity index (χ4n) is 2.07. The van der Waals surface area contributed by atoms with Crippen LogP contribution in [-0.4, -0.2) is 52.1 Å². The van der Waals surface area contributed by atoms with E-state index in [1.54, 1.807) is 20.8 Å². The molecule has 1 heterocycles. The fraction of sp³-hybridized carbons (Fsp3) is 0.769. The minimum atomic E-state index is -1.79. The summed E-state index contributed by atoms with van der Waals surface area (Å²) in [5.41, 5.74) is 3.41. The molecular formula is C13H22N2O5. The molecule has 0 spiro atoms. The van der Waals surface area contributed by atoms with Crippen LogP contribution in [0.25, 0.3) is 0 Å². The first kappa shape index (κ1) is 16.4. The van der Waals surface area contributed by atoms with Gasteiger partial charge in [0.05, 0.1) is 0 Å². The highest BCUT2D eigenvalue weighted by Gasteiger charge is 2.48. The van der Waals surface area contributed by atoms with Gasteiger partial charge in [-0.15, -0.1) is 0 Å². The average molecular weight is 286 g/mol.